The summed E-state index contributed by atoms with van der Waals surface area (Å²) < 4.78 is 19.0. The first kappa shape index (κ1) is 17.5. The molecule has 2 amide bonds. The number of thioether (sulfide) groups is 1. The molecule has 1 aromatic heterocycles. The Morgan fingerprint density at radius 2 is 2.16 bits per heavy atom. The van der Waals surface area contributed by atoms with Crippen LogP contribution in [0.1, 0.15) is 11.3 Å². The van der Waals surface area contributed by atoms with Crippen molar-refractivity contribution >= 4 is 23.6 Å². The molecule has 0 unspecified atom stereocenters. The quantitative estimate of drug-likeness (QED) is 0.886. The Hall–Kier alpha value is -2.28. The second-order valence-electron chi connectivity index (χ2n) is 5.95. The molecule has 0 aliphatic carbocycles. The summed E-state index contributed by atoms with van der Waals surface area (Å²) in [5, 5.41) is 2.37. The molecule has 7 heteroatoms. The van der Waals surface area contributed by atoms with Crippen molar-refractivity contribution in [2.45, 2.75) is 24.3 Å². The van der Waals surface area contributed by atoms with Crippen LogP contribution in [0.15, 0.2) is 47.1 Å². The van der Waals surface area contributed by atoms with Crippen LogP contribution >= 0.6 is 11.8 Å². The van der Waals surface area contributed by atoms with Gasteiger partial charge < -0.3 is 14.6 Å². The van der Waals surface area contributed by atoms with Crippen molar-refractivity contribution in [3.63, 3.8) is 0 Å². The second kappa shape index (κ2) is 7.74. The van der Waals surface area contributed by atoms with Crippen molar-refractivity contribution < 1.29 is 18.4 Å². The minimum atomic E-state index is -0.575. The van der Waals surface area contributed by atoms with E-state index < -0.39 is 11.3 Å². The summed E-state index contributed by atoms with van der Waals surface area (Å²) in [5.74, 6) is 0.438. The van der Waals surface area contributed by atoms with Gasteiger partial charge in [-0.05, 0) is 30.2 Å². The highest BCUT2D eigenvalue weighted by Crippen LogP contribution is 2.24. The Balaban J connectivity index is 1.56. The molecule has 1 aliphatic heterocycles. The smallest absolute Gasteiger partial charge is 0.246 e. The van der Waals surface area contributed by atoms with Gasteiger partial charge in [0.25, 0.3) is 0 Å². The van der Waals surface area contributed by atoms with Crippen LogP contribution in [-0.4, -0.2) is 40.8 Å². The van der Waals surface area contributed by atoms with E-state index in [1.54, 1.807) is 43.6 Å². The number of hydrogen-bond acceptors (Lipinski definition) is 4. The molecule has 2 aromatic rings. The van der Waals surface area contributed by atoms with Gasteiger partial charge in [-0.1, -0.05) is 18.2 Å². The zero-order valence-electron chi connectivity index (χ0n) is 13.8. The van der Waals surface area contributed by atoms with Crippen molar-refractivity contribution in [1.29, 1.82) is 0 Å². The molecule has 3 rings (SSSR count). The molecule has 132 valence electrons. The number of furan rings is 1. The van der Waals surface area contributed by atoms with E-state index >= 15 is 0 Å². The average molecular weight is 362 g/mol. The summed E-state index contributed by atoms with van der Waals surface area (Å²) in [6.07, 6.45) is 1.87. The third-order valence-corrected chi connectivity index (χ3v) is 5.39. The summed E-state index contributed by atoms with van der Waals surface area (Å²) >= 11 is 1.39. The summed E-state index contributed by atoms with van der Waals surface area (Å²) in [6.45, 7) is 0.349. The number of benzene rings is 1. The molecule has 0 bridgehead atoms. The third kappa shape index (κ3) is 4.22. The Kier molecular flexibility index (Phi) is 5.43. The van der Waals surface area contributed by atoms with Gasteiger partial charge >= 0.3 is 0 Å². The summed E-state index contributed by atoms with van der Waals surface area (Å²) in [7, 11) is 1.67. The standard InChI is InChI=1S/C18H19FN2O3S/c1-21(10-13-6-4-8-24-13)18(23)15-11-25-16(17(22)20-15)9-12-5-2-3-7-14(12)19/h2-8,15-16H,9-11H2,1H3,(H,20,22)/t15-,16-/m0/s1. The lowest BCUT2D eigenvalue weighted by Gasteiger charge is -2.30. The highest BCUT2D eigenvalue weighted by atomic mass is 32.2. The zero-order chi connectivity index (χ0) is 17.8. The molecule has 0 radical (unpaired) electrons. The predicted molar refractivity (Wildman–Crippen MR) is 93.5 cm³/mol. The van der Waals surface area contributed by atoms with E-state index in [4.69, 9.17) is 4.42 Å². The van der Waals surface area contributed by atoms with Crippen LogP contribution < -0.4 is 5.32 Å². The van der Waals surface area contributed by atoms with E-state index in [0.717, 1.165) is 0 Å². The van der Waals surface area contributed by atoms with E-state index in [0.29, 0.717) is 30.0 Å². The molecule has 1 saturated heterocycles. The van der Waals surface area contributed by atoms with Gasteiger partial charge in [-0.3, -0.25) is 9.59 Å². The Bertz CT molecular complexity index is 751. The maximum Gasteiger partial charge on any atom is 0.246 e. The van der Waals surface area contributed by atoms with E-state index in [1.807, 2.05) is 0 Å². The molecule has 1 fully saturated rings. The fraction of sp³-hybridized carbons (Fsp3) is 0.333. The first-order chi connectivity index (χ1) is 12.0. The molecule has 2 heterocycles. The van der Waals surface area contributed by atoms with Crippen molar-refractivity contribution in [3.05, 3.63) is 59.8 Å². The third-order valence-electron chi connectivity index (χ3n) is 4.08. The average Bonchev–Trinajstić information content (AvgIpc) is 3.10. The SMILES string of the molecule is CN(Cc1ccco1)C(=O)[C@@H]1CS[C@@H](Cc2ccccc2F)C(=O)N1. The number of carbonyl (C=O) groups is 2. The monoisotopic (exact) mass is 362 g/mol. The number of nitrogens with one attached hydrogen (secondary N) is 1. The molecule has 1 aromatic carbocycles. The fourth-order valence-electron chi connectivity index (χ4n) is 2.72. The van der Waals surface area contributed by atoms with Gasteiger partial charge in [0.15, 0.2) is 0 Å². The van der Waals surface area contributed by atoms with E-state index in [9.17, 15) is 14.0 Å². The van der Waals surface area contributed by atoms with Crippen LogP contribution in [0.5, 0.6) is 0 Å². The van der Waals surface area contributed by atoms with Gasteiger partial charge in [0.2, 0.25) is 11.8 Å². The molecule has 0 spiro atoms. The van der Waals surface area contributed by atoms with Crippen LogP contribution in [-0.2, 0) is 22.6 Å². The number of hydrogen-bond donors (Lipinski definition) is 1. The lowest BCUT2D eigenvalue weighted by Crippen LogP contribution is -2.54. The first-order valence-electron chi connectivity index (χ1n) is 7.97. The van der Waals surface area contributed by atoms with Crippen LogP contribution in [0.4, 0.5) is 4.39 Å². The molecular formula is C18H19FN2O3S. The largest absolute Gasteiger partial charge is 0.467 e. The van der Waals surface area contributed by atoms with Gasteiger partial charge in [0.05, 0.1) is 18.1 Å². The number of nitrogens with zero attached hydrogens (tertiary/aromatic N) is 1. The molecular weight excluding hydrogens is 343 g/mol. The summed E-state index contributed by atoms with van der Waals surface area (Å²) in [6, 6.07) is 9.42. The summed E-state index contributed by atoms with van der Waals surface area (Å²) in [5.41, 5.74) is 0.509. The van der Waals surface area contributed by atoms with Crippen molar-refractivity contribution in [2.24, 2.45) is 0 Å². The highest BCUT2D eigenvalue weighted by molar-refractivity contribution is 8.00. The molecule has 1 N–H and O–H groups in total. The van der Waals surface area contributed by atoms with E-state index in [1.165, 1.54) is 22.7 Å². The molecule has 0 saturated carbocycles. The highest BCUT2D eigenvalue weighted by Gasteiger charge is 2.34. The van der Waals surface area contributed by atoms with Crippen LogP contribution in [0.25, 0.3) is 0 Å². The van der Waals surface area contributed by atoms with Crippen molar-refractivity contribution in [3.8, 4) is 0 Å². The molecule has 25 heavy (non-hydrogen) atoms. The van der Waals surface area contributed by atoms with Crippen molar-refractivity contribution in [2.75, 3.05) is 12.8 Å². The normalized spacial score (nSPS) is 20.2. The van der Waals surface area contributed by atoms with Gasteiger partial charge in [0.1, 0.15) is 17.6 Å². The fourth-order valence-corrected chi connectivity index (χ4v) is 3.89. The molecule has 2 atom stereocenters. The number of carbonyl (C=O) groups excluding carboxylic acids is 2. The van der Waals surface area contributed by atoms with Gasteiger partial charge in [-0.2, -0.15) is 0 Å². The number of rotatable bonds is 5. The maximum atomic E-state index is 13.8. The predicted octanol–water partition coefficient (Wildman–Crippen LogP) is 2.22. The van der Waals surface area contributed by atoms with Crippen LogP contribution in [0.2, 0.25) is 0 Å². The van der Waals surface area contributed by atoms with Gasteiger partial charge in [-0.15, -0.1) is 11.8 Å². The Morgan fingerprint density at radius 3 is 2.84 bits per heavy atom. The Labute approximate surface area is 149 Å². The molecule has 1 aliphatic rings. The number of amides is 2. The second-order valence-corrected chi connectivity index (χ2v) is 7.19. The Morgan fingerprint density at radius 1 is 1.36 bits per heavy atom. The van der Waals surface area contributed by atoms with Crippen LogP contribution in [0.3, 0.4) is 0 Å². The number of halogens is 1. The summed E-state index contributed by atoms with van der Waals surface area (Å²) in [4.78, 5) is 26.3. The minimum Gasteiger partial charge on any atom is -0.467 e. The zero-order valence-corrected chi connectivity index (χ0v) is 14.6. The molecule has 5 nitrogen and oxygen atoms in total. The topological polar surface area (TPSA) is 62.6 Å². The van der Waals surface area contributed by atoms with Gasteiger partial charge in [-0.25, -0.2) is 4.39 Å². The maximum absolute atomic E-state index is 13.8. The minimum absolute atomic E-state index is 0.165. The van der Waals surface area contributed by atoms with E-state index in [-0.39, 0.29) is 17.6 Å². The van der Waals surface area contributed by atoms with E-state index in [2.05, 4.69) is 5.32 Å². The first-order valence-corrected chi connectivity index (χ1v) is 9.02. The lowest BCUT2D eigenvalue weighted by molar-refractivity contribution is -0.135. The van der Waals surface area contributed by atoms with Crippen molar-refractivity contribution in [1.82, 2.24) is 10.2 Å². The van der Waals surface area contributed by atoms with Gasteiger partial charge in [0, 0.05) is 12.8 Å². The number of likely N-dealkylation sites (N-methyl/N-ethyl adjacent to an activating group) is 1. The lowest BCUT2D eigenvalue weighted by atomic mass is 10.1. The van der Waals surface area contributed by atoms with Crippen LogP contribution in [0, 0.1) is 5.82 Å².